The Hall–Kier alpha value is -1.63. The van der Waals surface area contributed by atoms with Crippen LogP contribution in [-0.2, 0) is 19.1 Å². The molecule has 0 aromatic heterocycles. The van der Waals surface area contributed by atoms with Gasteiger partial charge in [0, 0.05) is 6.61 Å². The van der Waals surface area contributed by atoms with Crippen LogP contribution >= 0.6 is 0 Å². The minimum Gasteiger partial charge on any atom is -0.480 e. The lowest BCUT2D eigenvalue weighted by Gasteiger charge is -2.18. The average molecular weight is 233 g/mol. The van der Waals surface area contributed by atoms with E-state index in [4.69, 9.17) is 14.9 Å². The van der Waals surface area contributed by atoms with Crippen LogP contribution in [0.1, 0.15) is 13.3 Å². The summed E-state index contributed by atoms with van der Waals surface area (Å²) in [5.41, 5.74) is 0. The molecule has 0 aliphatic heterocycles. The number of aliphatic carboxylic acids is 2. The van der Waals surface area contributed by atoms with E-state index in [0.717, 1.165) is 11.3 Å². The van der Waals surface area contributed by atoms with Crippen LogP contribution in [0.4, 0.5) is 0 Å². The number of carbonyl (C=O) groups is 3. The summed E-state index contributed by atoms with van der Waals surface area (Å²) in [6.07, 6.45) is 0.727. The molecule has 0 unspecified atom stereocenters. The highest BCUT2D eigenvalue weighted by molar-refractivity contribution is 5.85. The molecule has 1 amide bonds. The molecular formula is C9H15NO6. The van der Waals surface area contributed by atoms with E-state index in [9.17, 15) is 14.4 Å². The Morgan fingerprint density at radius 3 is 2.00 bits per heavy atom. The van der Waals surface area contributed by atoms with Gasteiger partial charge >= 0.3 is 11.9 Å². The lowest BCUT2D eigenvalue weighted by atomic mass is 10.4. The normalized spacial score (nSPS) is 9.81. The largest absolute Gasteiger partial charge is 0.480 e. The molecule has 0 bridgehead atoms. The Bertz CT molecular complexity index is 249. The van der Waals surface area contributed by atoms with Gasteiger partial charge in [0.05, 0.1) is 0 Å². The van der Waals surface area contributed by atoms with Crippen molar-refractivity contribution >= 4 is 17.8 Å². The maximum atomic E-state index is 11.4. The molecular weight excluding hydrogens is 218 g/mol. The van der Waals surface area contributed by atoms with Gasteiger partial charge in [0.25, 0.3) is 0 Å². The molecule has 0 saturated heterocycles. The first kappa shape index (κ1) is 14.4. The SMILES string of the molecule is CCCOCC(=O)N(CC(=O)O)CC(=O)O. The molecule has 7 heteroatoms. The van der Waals surface area contributed by atoms with Gasteiger partial charge in [-0.05, 0) is 6.42 Å². The molecule has 0 aromatic carbocycles. The molecule has 0 fully saturated rings. The van der Waals surface area contributed by atoms with Crippen molar-refractivity contribution in [3.63, 3.8) is 0 Å². The van der Waals surface area contributed by atoms with E-state index in [1.54, 1.807) is 0 Å². The van der Waals surface area contributed by atoms with Gasteiger partial charge in [0.1, 0.15) is 19.7 Å². The molecule has 0 atom stereocenters. The van der Waals surface area contributed by atoms with Crippen LogP contribution in [0.2, 0.25) is 0 Å². The first-order valence-corrected chi connectivity index (χ1v) is 4.76. The molecule has 0 rings (SSSR count). The van der Waals surface area contributed by atoms with E-state index in [0.29, 0.717) is 6.61 Å². The number of ether oxygens (including phenoxy) is 1. The van der Waals surface area contributed by atoms with Crippen molar-refractivity contribution in [2.45, 2.75) is 13.3 Å². The molecule has 0 aromatic rings. The second-order valence-corrected chi connectivity index (χ2v) is 3.09. The van der Waals surface area contributed by atoms with Crippen molar-refractivity contribution < 1.29 is 29.3 Å². The van der Waals surface area contributed by atoms with Crippen molar-refractivity contribution in [3.8, 4) is 0 Å². The summed E-state index contributed by atoms with van der Waals surface area (Å²) in [6, 6.07) is 0. The molecule has 7 nitrogen and oxygen atoms in total. The second-order valence-electron chi connectivity index (χ2n) is 3.09. The van der Waals surface area contributed by atoms with Gasteiger partial charge in [0.15, 0.2) is 0 Å². The van der Waals surface area contributed by atoms with Gasteiger partial charge < -0.3 is 19.8 Å². The number of carboxylic acid groups (broad SMARTS) is 2. The number of carbonyl (C=O) groups excluding carboxylic acids is 1. The zero-order chi connectivity index (χ0) is 12.6. The quantitative estimate of drug-likeness (QED) is 0.543. The lowest BCUT2D eigenvalue weighted by molar-refractivity contribution is -0.151. The fraction of sp³-hybridized carbons (Fsp3) is 0.667. The molecule has 0 radical (unpaired) electrons. The topological polar surface area (TPSA) is 104 Å². The number of carboxylic acids is 2. The molecule has 0 saturated carbocycles. The summed E-state index contributed by atoms with van der Waals surface area (Å²) in [5.74, 6) is -3.16. The molecule has 2 N–H and O–H groups in total. The van der Waals surface area contributed by atoms with Crippen molar-refractivity contribution in [2.75, 3.05) is 26.3 Å². The van der Waals surface area contributed by atoms with Crippen LogP contribution in [0.15, 0.2) is 0 Å². The molecule has 0 spiro atoms. The van der Waals surface area contributed by atoms with E-state index in [1.807, 2.05) is 6.92 Å². The summed E-state index contributed by atoms with van der Waals surface area (Å²) in [4.78, 5) is 32.9. The Kier molecular flexibility index (Phi) is 6.86. The minimum absolute atomic E-state index is 0.297. The standard InChI is InChI=1S/C9H15NO6/c1-2-3-16-6-7(11)10(4-8(12)13)5-9(14)15/h2-6H2,1H3,(H,12,13)(H,14,15). The Morgan fingerprint density at radius 1 is 1.12 bits per heavy atom. The maximum absolute atomic E-state index is 11.4. The van der Waals surface area contributed by atoms with Gasteiger partial charge in [-0.2, -0.15) is 0 Å². The van der Waals surface area contributed by atoms with Crippen LogP contribution in [0.25, 0.3) is 0 Å². The van der Waals surface area contributed by atoms with Crippen LogP contribution in [0, 0.1) is 0 Å². The van der Waals surface area contributed by atoms with E-state index in [2.05, 4.69) is 0 Å². The highest BCUT2D eigenvalue weighted by Gasteiger charge is 2.19. The predicted octanol–water partition coefficient (Wildman–Crippen LogP) is -0.589. The number of amides is 1. The third kappa shape index (κ3) is 6.77. The molecule has 0 heterocycles. The summed E-state index contributed by atoms with van der Waals surface area (Å²) >= 11 is 0. The number of hydrogen-bond donors (Lipinski definition) is 2. The zero-order valence-corrected chi connectivity index (χ0v) is 9.01. The second kappa shape index (κ2) is 7.63. The third-order valence-corrected chi connectivity index (χ3v) is 1.58. The maximum Gasteiger partial charge on any atom is 0.323 e. The Balaban J connectivity index is 4.20. The van der Waals surface area contributed by atoms with Gasteiger partial charge in [-0.3, -0.25) is 14.4 Å². The van der Waals surface area contributed by atoms with Gasteiger partial charge in [-0.15, -0.1) is 0 Å². The van der Waals surface area contributed by atoms with E-state index in [1.165, 1.54) is 0 Å². The van der Waals surface area contributed by atoms with Crippen LogP contribution in [0.5, 0.6) is 0 Å². The Labute approximate surface area is 92.6 Å². The van der Waals surface area contributed by atoms with E-state index < -0.39 is 30.9 Å². The fourth-order valence-electron chi connectivity index (χ4n) is 0.954. The van der Waals surface area contributed by atoms with Gasteiger partial charge in [-0.1, -0.05) is 6.92 Å². The number of rotatable bonds is 8. The molecule has 92 valence electrons. The van der Waals surface area contributed by atoms with Crippen LogP contribution < -0.4 is 0 Å². The van der Waals surface area contributed by atoms with Crippen LogP contribution in [0.3, 0.4) is 0 Å². The first-order chi connectivity index (χ1) is 7.47. The smallest absolute Gasteiger partial charge is 0.323 e. The van der Waals surface area contributed by atoms with Crippen LogP contribution in [-0.4, -0.2) is 59.3 Å². The fourth-order valence-corrected chi connectivity index (χ4v) is 0.954. The zero-order valence-electron chi connectivity index (χ0n) is 9.01. The van der Waals surface area contributed by atoms with Crippen molar-refractivity contribution in [1.29, 1.82) is 0 Å². The van der Waals surface area contributed by atoms with E-state index in [-0.39, 0.29) is 6.61 Å². The summed E-state index contributed by atoms with van der Waals surface area (Å²) < 4.78 is 4.91. The predicted molar refractivity (Wildman–Crippen MR) is 53.0 cm³/mol. The third-order valence-electron chi connectivity index (χ3n) is 1.58. The number of hydrogen-bond acceptors (Lipinski definition) is 4. The van der Waals surface area contributed by atoms with Gasteiger partial charge in [-0.25, -0.2) is 0 Å². The molecule has 0 aliphatic carbocycles. The lowest BCUT2D eigenvalue weighted by Crippen LogP contribution is -2.41. The van der Waals surface area contributed by atoms with Crippen molar-refractivity contribution in [3.05, 3.63) is 0 Å². The molecule has 0 aliphatic rings. The number of nitrogens with zero attached hydrogens (tertiary/aromatic N) is 1. The first-order valence-electron chi connectivity index (χ1n) is 4.76. The highest BCUT2D eigenvalue weighted by Crippen LogP contribution is 1.92. The highest BCUT2D eigenvalue weighted by atomic mass is 16.5. The van der Waals surface area contributed by atoms with E-state index >= 15 is 0 Å². The van der Waals surface area contributed by atoms with Gasteiger partial charge in [0.2, 0.25) is 5.91 Å². The molecule has 16 heavy (non-hydrogen) atoms. The summed E-state index contributed by atoms with van der Waals surface area (Å²) in [7, 11) is 0. The van der Waals surface area contributed by atoms with Crippen molar-refractivity contribution in [2.24, 2.45) is 0 Å². The van der Waals surface area contributed by atoms with Crippen molar-refractivity contribution in [1.82, 2.24) is 4.90 Å². The Morgan fingerprint density at radius 2 is 1.62 bits per heavy atom. The average Bonchev–Trinajstić information content (AvgIpc) is 2.15. The monoisotopic (exact) mass is 233 g/mol. The minimum atomic E-state index is -1.26. The summed E-state index contributed by atoms with van der Waals surface area (Å²) in [6.45, 7) is 0.659. The summed E-state index contributed by atoms with van der Waals surface area (Å²) in [5, 5.41) is 17.0.